The van der Waals surface area contributed by atoms with Gasteiger partial charge in [0.05, 0.1) is 6.54 Å². The van der Waals surface area contributed by atoms with Gasteiger partial charge in [0.25, 0.3) is 0 Å². The van der Waals surface area contributed by atoms with Gasteiger partial charge in [0, 0.05) is 18.1 Å². The minimum atomic E-state index is -0.0471. The number of anilines is 1. The zero-order valence-corrected chi connectivity index (χ0v) is 10.2. The van der Waals surface area contributed by atoms with Crippen LogP contribution < -0.4 is 10.6 Å². The van der Waals surface area contributed by atoms with E-state index in [1.54, 1.807) is 19.4 Å². The molecule has 18 heavy (non-hydrogen) atoms. The van der Waals surface area contributed by atoms with Crippen molar-refractivity contribution < 1.29 is 4.79 Å². The second kappa shape index (κ2) is 5.93. The third-order valence-electron chi connectivity index (χ3n) is 2.52. The average molecular weight is 241 g/mol. The van der Waals surface area contributed by atoms with Gasteiger partial charge in [-0.3, -0.25) is 9.78 Å². The molecule has 0 aliphatic carbocycles. The smallest absolute Gasteiger partial charge is 0.238 e. The number of benzene rings is 1. The van der Waals surface area contributed by atoms with Crippen LogP contribution in [0.1, 0.15) is 0 Å². The number of carbonyl (C=O) groups excluding carboxylic acids is 1. The zero-order chi connectivity index (χ0) is 12.8. The van der Waals surface area contributed by atoms with Gasteiger partial charge in [0.15, 0.2) is 0 Å². The summed E-state index contributed by atoms with van der Waals surface area (Å²) < 4.78 is 0. The van der Waals surface area contributed by atoms with Crippen molar-refractivity contribution in [2.75, 3.05) is 18.9 Å². The van der Waals surface area contributed by atoms with Crippen LogP contribution >= 0.6 is 0 Å². The van der Waals surface area contributed by atoms with E-state index in [-0.39, 0.29) is 5.91 Å². The molecule has 92 valence electrons. The maximum absolute atomic E-state index is 11.4. The third-order valence-corrected chi connectivity index (χ3v) is 2.52. The van der Waals surface area contributed by atoms with E-state index in [4.69, 9.17) is 0 Å². The number of hydrogen-bond acceptors (Lipinski definition) is 3. The Morgan fingerprint density at radius 2 is 1.67 bits per heavy atom. The van der Waals surface area contributed by atoms with E-state index in [0.717, 1.165) is 16.8 Å². The van der Waals surface area contributed by atoms with Crippen molar-refractivity contribution in [2.45, 2.75) is 0 Å². The maximum atomic E-state index is 11.4. The molecule has 1 heterocycles. The summed E-state index contributed by atoms with van der Waals surface area (Å²) in [6, 6.07) is 11.6. The van der Waals surface area contributed by atoms with E-state index in [1.165, 1.54) is 0 Å². The molecular formula is C14H15N3O. The van der Waals surface area contributed by atoms with Crippen LogP contribution in [0.5, 0.6) is 0 Å². The summed E-state index contributed by atoms with van der Waals surface area (Å²) in [4.78, 5) is 15.4. The number of carbonyl (C=O) groups is 1. The lowest BCUT2D eigenvalue weighted by molar-refractivity contribution is -0.115. The number of likely N-dealkylation sites (N-methyl/N-ethyl adjacent to an activating group) is 1. The van der Waals surface area contributed by atoms with E-state index in [2.05, 4.69) is 15.6 Å². The molecule has 2 aromatic rings. The molecule has 2 rings (SSSR count). The second-order valence-electron chi connectivity index (χ2n) is 3.89. The molecule has 1 aromatic carbocycles. The molecule has 1 amide bonds. The van der Waals surface area contributed by atoms with Crippen molar-refractivity contribution >= 4 is 11.6 Å². The van der Waals surface area contributed by atoms with Crippen molar-refractivity contribution in [2.24, 2.45) is 0 Å². The Kier molecular flexibility index (Phi) is 4.04. The predicted molar refractivity (Wildman–Crippen MR) is 72.2 cm³/mol. The van der Waals surface area contributed by atoms with E-state index < -0.39 is 0 Å². The first-order chi connectivity index (χ1) is 8.79. The molecule has 0 saturated heterocycles. The zero-order valence-electron chi connectivity index (χ0n) is 10.2. The van der Waals surface area contributed by atoms with Crippen LogP contribution in [-0.4, -0.2) is 24.5 Å². The lowest BCUT2D eigenvalue weighted by Crippen LogP contribution is -2.24. The standard InChI is InChI=1S/C14H15N3O/c1-15-10-14(18)17-13-4-2-11(3-5-13)12-6-8-16-9-7-12/h2-9,15H,10H2,1H3,(H,17,18). The first kappa shape index (κ1) is 12.3. The second-order valence-corrected chi connectivity index (χ2v) is 3.89. The number of nitrogens with zero attached hydrogens (tertiary/aromatic N) is 1. The highest BCUT2D eigenvalue weighted by molar-refractivity contribution is 5.92. The summed E-state index contributed by atoms with van der Waals surface area (Å²) in [5.74, 6) is -0.0471. The molecule has 0 spiro atoms. The van der Waals surface area contributed by atoms with Crippen LogP contribution in [0.25, 0.3) is 11.1 Å². The fourth-order valence-corrected chi connectivity index (χ4v) is 1.66. The monoisotopic (exact) mass is 241 g/mol. The van der Waals surface area contributed by atoms with Crippen LogP contribution in [0, 0.1) is 0 Å². The normalized spacial score (nSPS) is 10.1. The molecule has 1 aromatic heterocycles. The molecule has 0 aliphatic heterocycles. The van der Waals surface area contributed by atoms with Crippen LogP contribution in [0.4, 0.5) is 5.69 Å². The van der Waals surface area contributed by atoms with Gasteiger partial charge in [-0.15, -0.1) is 0 Å². The molecule has 4 nitrogen and oxygen atoms in total. The Morgan fingerprint density at radius 3 is 2.28 bits per heavy atom. The lowest BCUT2D eigenvalue weighted by atomic mass is 10.1. The molecule has 0 unspecified atom stereocenters. The Balaban J connectivity index is 2.09. The molecule has 0 bridgehead atoms. The lowest BCUT2D eigenvalue weighted by Gasteiger charge is -2.06. The van der Waals surface area contributed by atoms with Gasteiger partial charge >= 0.3 is 0 Å². The number of nitrogens with one attached hydrogen (secondary N) is 2. The van der Waals surface area contributed by atoms with Gasteiger partial charge in [-0.05, 0) is 42.4 Å². The van der Waals surface area contributed by atoms with Gasteiger partial charge < -0.3 is 10.6 Å². The van der Waals surface area contributed by atoms with Crippen molar-refractivity contribution in [3.63, 3.8) is 0 Å². The molecule has 4 heteroatoms. The highest BCUT2D eigenvalue weighted by Gasteiger charge is 2.01. The fourth-order valence-electron chi connectivity index (χ4n) is 1.66. The van der Waals surface area contributed by atoms with E-state index in [9.17, 15) is 4.79 Å². The average Bonchev–Trinajstić information content (AvgIpc) is 2.41. The molecule has 0 atom stereocenters. The number of amides is 1. The minimum Gasteiger partial charge on any atom is -0.325 e. The van der Waals surface area contributed by atoms with Crippen LogP contribution in [0.2, 0.25) is 0 Å². The fraction of sp³-hybridized carbons (Fsp3) is 0.143. The summed E-state index contributed by atoms with van der Waals surface area (Å²) in [5.41, 5.74) is 3.01. The number of pyridine rings is 1. The van der Waals surface area contributed by atoms with Crippen LogP contribution in [-0.2, 0) is 4.79 Å². The Bertz CT molecular complexity index is 508. The summed E-state index contributed by atoms with van der Waals surface area (Å²) in [6.45, 7) is 0.312. The topological polar surface area (TPSA) is 54.0 Å². The molecule has 0 aliphatic rings. The summed E-state index contributed by atoms with van der Waals surface area (Å²) >= 11 is 0. The highest BCUT2D eigenvalue weighted by atomic mass is 16.1. The first-order valence-corrected chi connectivity index (χ1v) is 5.74. The summed E-state index contributed by atoms with van der Waals surface area (Å²) in [5, 5.41) is 5.61. The quantitative estimate of drug-likeness (QED) is 0.859. The Hall–Kier alpha value is -2.20. The number of rotatable bonds is 4. The minimum absolute atomic E-state index is 0.0471. The van der Waals surface area contributed by atoms with Crippen molar-refractivity contribution in [3.05, 3.63) is 48.8 Å². The third kappa shape index (κ3) is 3.15. The summed E-state index contributed by atoms with van der Waals surface area (Å²) in [7, 11) is 1.74. The molecule has 2 N–H and O–H groups in total. The number of aromatic nitrogens is 1. The van der Waals surface area contributed by atoms with Gasteiger partial charge in [0.1, 0.15) is 0 Å². The predicted octanol–water partition coefficient (Wildman–Crippen LogP) is 1.91. The van der Waals surface area contributed by atoms with Crippen molar-refractivity contribution in [1.82, 2.24) is 10.3 Å². The molecular weight excluding hydrogens is 226 g/mol. The van der Waals surface area contributed by atoms with E-state index in [0.29, 0.717) is 6.54 Å². The van der Waals surface area contributed by atoms with Gasteiger partial charge in [-0.25, -0.2) is 0 Å². The molecule has 0 saturated carbocycles. The van der Waals surface area contributed by atoms with Crippen molar-refractivity contribution in [3.8, 4) is 11.1 Å². The molecule has 0 radical (unpaired) electrons. The van der Waals surface area contributed by atoms with Gasteiger partial charge in [0.2, 0.25) is 5.91 Å². The summed E-state index contributed by atoms with van der Waals surface area (Å²) in [6.07, 6.45) is 3.52. The van der Waals surface area contributed by atoms with Crippen molar-refractivity contribution in [1.29, 1.82) is 0 Å². The van der Waals surface area contributed by atoms with Gasteiger partial charge in [-0.2, -0.15) is 0 Å². The highest BCUT2D eigenvalue weighted by Crippen LogP contribution is 2.20. The van der Waals surface area contributed by atoms with Crippen LogP contribution in [0.15, 0.2) is 48.8 Å². The maximum Gasteiger partial charge on any atom is 0.238 e. The number of hydrogen-bond donors (Lipinski definition) is 2. The Morgan fingerprint density at radius 1 is 1.06 bits per heavy atom. The first-order valence-electron chi connectivity index (χ1n) is 5.74. The Labute approximate surface area is 106 Å². The molecule has 0 fully saturated rings. The SMILES string of the molecule is CNCC(=O)Nc1ccc(-c2ccncc2)cc1. The van der Waals surface area contributed by atoms with Gasteiger partial charge in [-0.1, -0.05) is 12.1 Å². The van der Waals surface area contributed by atoms with E-state index in [1.807, 2.05) is 36.4 Å². The largest absolute Gasteiger partial charge is 0.325 e. The van der Waals surface area contributed by atoms with Crippen LogP contribution in [0.3, 0.4) is 0 Å². The van der Waals surface area contributed by atoms with E-state index >= 15 is 0 Å².